The number of carbonyl (C=O) groups excluding carboxylic acids is 1. The molecule has 7 heteroatoms. The zero-order valence-electron chi connectivity index (χ0n) is 20.8. The van der Waals surface area contributed by atoms with E-state index in [0.717, 1.165) is 54.7 Å². The van der Waals surface area contributed by atoms with Crippen molar-refractivity contribution in [3.8, 4) is 5.75 Å². The fraction of sp³-hybridized carbons (Fsp3) is 0.536. The number of carbonyl (C=O) groups is 1. The van der Waals surface area contributed by atoms with E-state index < -0.39 is 0 Å². The van der Waals surface area contributed by atoms with E-state index in [-0.39, 0.29) is 11.9 Å². The molecule has 0 saturated carbocycles. The summed E-state index contributed by atoms with van der Waals surface area (Å²) >= 11 is 0. The molecule has 0 aliphatic carbocycles. The molecule has 1 amide bonds. The number of benzene rings is 1. The molecular weight excluding hydrogens is 440 g/mol. The maximum atomic E-state index is 13.0. The number of ether oxygens (including phenoxy) is 1. The van der Waals surface area contributed by atoms with Gasteiger partial charge < -0.3 is 24.4 Å². The van der Waals surface area contributed by atoms with Crippen molar-refractivity contribution in [3.63, 3.8) is 0 Å². The first-order valence-corrected chi connectivity index (χ1v) is 13.2. The second-order valence-electron chi connectivity index (χ2n) is 10.2. The molecule has 188 valence electrons. The maximum Gasteiger partial charge on any atom is 0.267 e. The summed E-state index contributed by atoms with van der Waals surface area (Å²) in [6.07, 6.45) is 10.7. The molecule has 0 spiro atoms. The van der Waals surface area contributed by atoms with Gasteiger partial charge in [0.15, 0.2) is 0 Å². The predicted octanol–water partition coefficient (Wildman–Crippen LogP) is 4.80. The number of piperidine rings is 1. The van der Waals surface area contributed by atoms with Crippen LogP contribution in [0.2, 0.25) is 0 Å². The number of aromatic amines is 1. The number of rotatable bonds is 8. The molecule has 5 rings (SSSR count). The van der Waals surface area contributed by atoms with Crippen LogP contribution in [0.4, 0.5) is 0 Å². The minimum absolute atomic E-state index is 0.0432. The third kappa shape index (κ3) is 6.08. The lowest BCUT2D eigenvalue weighted by Gasteiger charge is -2.37. The van der Waals surface area contributed by atoms with Gasteiger partial charge in [-0.05, 0) is 70.0 Å². The van der Waals surface area contributed by atoms with E-state index in [1.54, 1.807) is 12.5 Å². The summed E-state index contributed by atoms with van der Waals surface area (Å²) in [5, 5.41) is 4.17. The molecule has 0 bridgehead atoms. The van der Waals surface area contributed by atoms with E-state index >= 15 is 0 Å². The van der Waals surface area contributed by atoms with Crippen molar-refractivity contribution in [2.24, 2.45) is 0 Å². The van der Waals surface area contributed by atoms with E-state index in [4.69, 9.17) is 9.15 Å². The van der Waals surface area contributed by atoms with Gasteiger partial charge in [0.1, 0.15) is 18.1 Å². The zero-order valence-corrected chi connectivity index (χ0v) is 20.8. The minimum Gasteiger partial charge on any atom is -0.488 e. The highest BCUT2D eigenvalue weighted by atomic mass is 16.5. The van der Waals surface area contributed by atoms with Crippen molar-refractivity contribution in [2.75, 3.05) is 32.7 Å². The van der Waals surface area contributed by atoms with Crippen LogP contribution in [-0.4, -0.2) is 65.5 Å². The average Bonchev–Trinajstić information content (AvgIpc) is 3.47. The summed E-state index contributed by atoms with van der Waals surface area (Å²) in [6, 6.07) is 10.4. The molecule has 1 atom stereocenters. The molecule has 2 N–H and O–H groups in total. The Bertz CT molecular complexity index is 1080. The second-order valence-corrected chi connectivity index (χ2v) is 10.2. The summed E-state index contributed by atoms with van der Waals surface area (Å²) in [6.45, 7) is 8.51. The van der Waals surface area contributed by atoms with Crippen LogP contribution in [-0.2, 0) is 6.61 Å². The number of nitrogens with zero attached hydrogens (tertiary/aromatic N) is 2. The van der Waals surface area contributed by atoms with Gasteiger partial charge in [0.2, 0.25) is 0 Å². The van der Waals surface area contributed by atoms with Gasteiger partial charge in [0, 0.05) is 48.2 Å². The largest absolute Gasteiger partial charge is 0.488 e. The minimum atomic E-state index is -0.0432. The summed E-state index contributed by atoms with van der Waals surface area (Å²) in [5.41, 5.74) is 2.46. The number of aromatic nitrogens is 1. The second kappa shape index (κ2) is 11.3. The first kappa shape index (κ1) is 23.9. The van der Waals surface area contributed by atoms with Gasteiger partial charge in [-0.2, -0.15) is 0 Å². The smallest absolute Gasteiger partial charge is 0.267 e. The normalized spacial score (nSPS) is 19.5. The van der Waals surface area contributed by atoms with Crippen molar-refractivity contribution in [1.29, 1.82) is 0 Å². The van der Waals surface area contributed by atoms with Crippen LogP contribution < -0.4 is 10.1 Å². The molecular formula is C28H38N4O3. The molecule has 2 aliphatic heterocycles. The van der Waals surface area contributed by atoms with E-state index in [1.165, 1.54) is 38.8 Å². The lowest BCUT2D eigenvalue weighted by Crippen LogP contribution is -2.49. The van der Waals surface area contributed by atoms with E-state index in [9.17, 15) is 4.79 Å². The molecule has 35 heavy (non-hydrogen) atoms. The van der Waals surface area contributed by atoms with Gasteiger partial charge in [0.25, 0.3) is 5.91 Å². The number of nitrogens with one attached hydrogen (secondary N) is 2. The van der Waals surface area contributed by atoms with Crippen LogP contribution in [0.5, 0.6) is 5.75 Å². The molecule has 2 aliphatic rings. The molecule has 2 aromatic heterocycles. The van der Waals surface area contributed by atoms with E-state index in [0.29, 0.717) is 18.3 Å². The molecule has 0 radical (unpaired) electrons. The van der Waals surface area contributed by atoms with Crippen LogP contribution in [0.3, 0.4) is 0 Å². The molecule has 2 fully saturated rings. The summed E-state index contributed by atoms with van der Waals surface area (Å²) in [7, 11) is 0. The third-order valence-electron chi connectivity index (χ3n) is 7.55. The number of furan rings is 1. The Balaban J connectivity index is 1.12. The fourth-order valence-electron chi connectivity index (χ4n) is 5.46. The van der Waals surface area contributed by atoms with Crippen molar-refractivity contribution >= 4 is 16.8 Å². The Morgan fingerprint density at radius 1 is 1.14 bits per heavy atom. The quantitative estimate of drug-likeness (QED) is 0.487. The number of fused-ring (bicyclic) bond motifs is 1. The van der Waals surface area contributed by atoms with Gasteiger partial charge in [-0.15, -0.1) is 0 Å². The molecule has 1 aromatic carbocycles. The monoisotopic (exact) mass is 478 g/mol. The van der Waals surface area contributed by atoms with Crippen LogP contribution >= 0.6 is 0 Å². The molecule has 0 unspecified atom stereocenters. The van der Waals surface area contributed by atoms with Gasteiger partial charge in [0.05, 0.1) is 12.5 Å². The maximum absolute atomic E-state index is 13.0. The van der Waals surface area contributed by atoms with E-state index in [1.807, 2.05) is 30.3 Å². The summed E-state index contributed by atoms with van der Waals surface area (Å²) in [5.74, 6) is 0.712. The van der Waals surface area contributed by atoms with Crippen LogP contribution in [0.15, 0.2) is 47.3 Å². The summed E-state index contributed by atoms with van der Waals surface area (Å²) in [4.78, 5) is 21.5. The number of likely N-dealkylation sites (tertiary alicyclic amines) is 2. The number of H-pyrrole nitrogens is 1. The Hall–Kier alpha value is -2.77. The van der Waals surface area contributed by atoms with Crippen LogP contribution in [0.1, 0.15) is 61.5 Å². The van der Waals surface area contributed by atoms with Crippen LogP contribution in [0.25, 0.3) is 10.9 Å². The van der Waals surface area contributed by atoms with Crippen LogP contribution in [0, 0.1) is 0 Å². The lowest BCUT2D eigenvalue weighted by atomic mass is 10.0. The van der Waals surface area contributed by atoms with Gasteiger partial charge in [-0.3, -0.25) is 9.69 Å². The van der Waals surface area contributed by atoms with Gasteiger partial charge in [-0.1, -0.05) is 18.9 Å². The number of hydrogen-bond acceptors (Lipinski definition) is 5. The fourth-order valence-corrected chi connectivity index (χ4v) is 5.46. The van der Waals surface area contributed by atoms with Crippen molar-refractivity contribution in [3.05, 3.63) is 54.1 Å². The Morgan fingerprint density at radius 3 is 2.69 bits per heavy atom. The highest BCUT2D eigenvalue weighted by Crippen LogP contribution is 2.27. The lowest BCUT2D eigenvalue weighted by molar-refractivity contribution is 0.0887. The van der Waals surface area contributed by atoms with Crippen molar-refractivity contribution in [2.45, 2.75) is 64.1 Å². The summed E-state index contributed by atoms with van der Waals surface area (Å²) < 4.78 is 11.1. The molecule has 2 saturated heterocycles. The SMILES string of the molecule is C[C@H](CN1CCC(NC(=O)c2cc3c(OCc4ccoc4)cccc3[nH]2)CC1)N1CCCCCC1. The van der Waals surface area contributed by atoms with Gasteiger partial charge in [-0.25, -0.2) is 0 Å². The van der Waals surface area contributed by atoms with E-state index in [2.05, 4.69) is 27.0 Å². The standard InChI is InChI=1S/C28H38N4O3/c1-21(32-12-4-2-3-5-13-32)18-31-14-9-23(10-15-31)29-28(33)26-17-24-25(30-26)7-6-8-27(24)35-20-22-11-16-34-19-22/h6-8,11,16-17,19,21,23,30H,2-5,9-10,12-15,18,20H2,1H3,(H,29,33)/t21-/m1/s1. The molecule has 7 nitrogen and oxygen atoms in total. The molecule has 3 aromatic rings. The molecule has 4 heterocycles. The Morgan fingerprint density at radius 2 is 1.94 bits per heavy atom. The highest BCUT2D eigenvalue weighted by Gasteiger charge is 2.25. The zero-order chi connectivity index (χ0) is 24.0. The first-order valence-electron chi connectivity index (χ1n) is 13.2. The van der Waals surface area contributed by atoms with Crippen molar-refractivity contribution < 1.29 is 13.9 Å². The predicted molar refractivity (Wildman–Crippen MR) is 138 cm³/mol. The third-order valence-corrected chi connectivity index (χ3v) is 7.55. The Labute approximate surface area is 207 Å². The van der Waals surface area contributed by atoms with Gasteiger partial charge >= 0.3 is 0 Å². The number of hydrogen-bond donors (Lipinski definition) is 2. The Kier molecular flexibility index (Phi) is 7.74. The highest BCUT2D eigenvalue weighted by molar-refractivity contribution is 5.99. The topological polar surface area (TPSA) is 73.7 Å². The number of amides is 1. The average molecular weight is 479 g/mol. The van der Waals surface area contributed by atoms with Crippen molar-refractivity contribution in [1.82, 2.24) is 20.1 Å². The first-order chi connectivity index (χ1) is 17.2.